The molecule has 1 atom stereocenters. The fourth-order valence-electron chi connectivity index (χ4n) is 4.08. The highest BCUT2D eigenvalue weighted by Gasteiger charge is 2.71. The molecule has 3 rings (SSSR count). The molecule has 2 aromatic carbocycles. The molecule has 2 aromatic rings. The van der Waals surface area contributed by atoms with Gasteiger partial charge in [-0.05, 0) is 23.8 Å². The van der Waals surface area contributed by atoms with Crippen LogP contribution < -0.4 is 10.6 Å². The number of nitrogens with one attached hydrogen (secondary N) is 2. The number of nitrogens with zero attached hydrogens (tertiary/aromatic N) is 2. The van der Waals surface area contributed by atoms with E-state index in [2.05, 4.69) is 10.6 Å². The summed E-state index contributed by atoms with van der Waals surface area (Å²) < 4.78 is 92.9. The molecule has 1 heterocycles. The first-order valence-electron chi connectivity index (χ1n) is 12.2. The van der Waals surface area contributed by atoms with Crippen LogP contribution in [0.5, 0.6) is 0 Å². The molecule has 0 spiro atoms. The van der Waals surface area contributed by atoms with E-state index in [1.54, 1.807) is 0 Å². The molecule has 5 N–H and O–H groups in total. The van der Waals surface area contributed by atoms with Gasteiger partial charge in [0.25, 0.3) is 11.5 Å². The number of amides is 3. The van der Waals surface area contributed by atoms with E-state index in [1.807, 2.05) is 4.90 Å². The van der Waals surface area contributed by atoms with E-state index >= 15 is 0 Å². The number of carbonyl (C=O) groups is 2. The molecule has 0 saturated carbocycles. The van der Waals surface area contributed by atoms with Gasteiger partial charge in [0.2, 0.25) is 0 Å². The van der Waals surface area contributed by atoms with Crippen LogP contribution in [0.1, 0.15) is 21.5 Å². The van der Waals surface area contributed by atoms with E-state index in [0.717, 1.165) is 18.2 Å². The molecular formula is C25H27F7N4O5. The third-order valence-electron chi connectivity index (χ3n) is 6.43. The van der Waals surface area contributed by atoms with Gasteiger partial charge in [-0.3, -0.25) is 9.69 Å². The molecule has 0 bridgehead atoms. The van der Waals surface area contributed by atoms with Crippen molar-refractivity contribution in [2.45, 2.75) is 30.6 Å². The van der Waals surface area contributed by atoms with Crippen molar-refractivity contribution < 1.29 is 55.6 Å². The van der Waals surface area contributed by atoms with E-state index in [1.165, 1.54) is 17.0 Å². The minimum absolute atomic E-state index is 0.00927. The van der Waals surface area contributed by atoms with Gasteiger partial charge in [-0.15, -0.1) is 0 Å². The molecule has 0 radical (unpaired) electrons. The summed E-state index contributed by atoms with van der Waals surface area (Å²) in [4.78, 5) is 27.9. The maximum Gasteiger partial charge on any atom is 0.430 e. The van der Waals surface area contributed by atoms with Crippen molar-refractivity contribution in [2.75, 3.05) is 44.6 Å². The fourth-order valence-corrected chi connectivity index (χ4v) is 4.08. The van der Waals surface area contributed by atoms with Crippen molar-refractivity contribution in [3.63, 3.8) is 0 Å². The van der Waals surface area contributed by atoms with Gasteiger partial charge < -0.3 is 30.9 Å². The Morgan fingerprint density at radius 2 is 1.51 bits per heavy atom. The second-order valence-electron chi connectivity index (χ2n) is 9.34. The summed E-state index contributed by atoms with van der Waals surface area (Å²) in [5.41, 5.74) is -6.19. The minimum atomic E-state index is -5.98. The zero-order valence-corrected chi connectivity index (χ0v) is 21.3. The van der Waals surface area contributed by atoms with Crippen LogP contribution in [0, 0.1) is 5.82 Å². The zero-order chi connectivity index (χ0) is 30.6. The molecule has 226 valence electrons. The van der Waals surface area contributed by atoms with E-state index in [9.17, 15) is 50.5 Å². The summed E-state index contributed by atoms with van der Waals surface area (Å²) in [6, 6.07) is 5.86. The van der Waals surface area contributed by atoms with Gasteiger partial charge in [-0.1, -0.05) is 24.3 Å². The zero-order valence-electron chi connectivity index (χ0n) is 21.3. The summed E-state index contributed by atoms with van der Waals surface area (Å²) in [6.45, 7) is 0.345. The van der Waals surface area contributed by atoms with Crippen molar-refractivity contribution in [3.05, 3.63) is 65.0 Å². The van der Waals surface area contributed by atoms with Gasteiger partial charge >= 0.3 is 18.4 Å². The van der Waals surface area contributed by atoms with Crippen molar-refractivity contribution in [2.24, 2.45) is 0 Å². The Hall–Kier alpha value is -3.47. The molecule has 1 aliphatic rings. The average Bonchev–Trinajstić information content (AvgIpc) is 2.91. The number of anilines is 1. The highest BCUT2D eigenvalue weighted by atomic mass is 19.4. The highest BCUT2D eigenvalue weighted by molar-refractivity contribution is 5.95. The van der Waals surface area contributed by atoms with Crippen LogP contribution in [-0.2, 0) is 12.1 Å². The number of piperazine rings is 1. The van der Waals surface area contributed by atoms with Crippen LogP contribution in [0.15, 0.2) is 42.5 Å². The van der Waals surface area contributed by atoms with Crippen LogP contribution in [0.4, 0.5) is 41.2 Å². The van der Waals surface area contributed by atoms with Gasteiger partial charge in [0.1, 0.15) is 5.82 Å². The van der Waals surface area contributed by atoms with Crippen molar-refractivity contribution in [3.8, 4) is 0 Å². The number of alkyl halides is 6. The summed E-state index contributed by atoms with van der Waals surface area (Å²) in [5, 5.41) is 31.9. The largest absolute Gasteiger partial charge is 0.430 e. The Balaban J connectivity index is 1.56. The SMILES string of the molecule is O=C(NCC(O)CO)Nc1ccc(C(=O)N2CCN(Cc3ccc(C(O)(C(F)(F)F)C(F)(F)F)cc3)CC2)cc1F. The maximum atomic E-state index is 14.5. The number of aliphatic hydroxyl groups is 3. The van der Waals surface area contributed by atoms with Gasteiger partial charge in [0, 0.05) is 50.4 Å². The standard InChI is InChI=1S/C25H27F7N4O5/c26-19-11-16(3-6-20(19)34-22(40)33-12-18(38)14-37)21(39)36-9-7-35(8-10-36)13-15-1-4-17(5-2-15)23(41,24(27,28)29)25(30,31)32/h1-6,11,18,37-38,41H,7-10,12-14H2,(H2,33,34,40). The first-order chi connectivity index (χ1) is 19.1. The predicted octanol–water partition coefficient (Wildman–Crippen LogP) is 2.57. The van der Waals surface area contributed by atoms with E-state index in [0.29, 0.717) is 30.8 Å². The quantitative estimate of drug-likeness (QED) is 0.299. The van der Waals surface area contributed by atoms with Crippen molar-refractivity contribution in [1.29, 1.82) is 0 Å². The second-order valence-corrected chi connectivity index (χ2v) is 9.34. The maximum absolute atomic E-state index is 14.5. The van der Waals surface area contributed by atoms with E-state index < -0.39 is 54.0 Å². The van der Waals surface area contributed by atoms with Crippen LogP contribution >= 0.6 is 0 Å². The lowest BCUT2D eigenvalue weighted by Crippen LogP contribution is -2.53. The lowest BCUT2D eigenvalue weighted by Gasteiger charge is -2.35. The molecule has 9 nitrogen and oxygen atoms in total. The van der Waals surface area contributed by atoms with E-state index in [-0.39, 0.29) is 37.4 Å². The summed E-state index contributed by atoms with van der Waals surface area (Å²) in [5.74, 6) is -1.38. The topological polar surface area (TPSA) is 125 Å². The predicted molar refractivity (Wildman–Crippen MR) is 130 cm³/mol. The molecule has 41 heavy (non-hydrogen) atoms. The van der Waals surface area contributed by atoms with Crippen LogP contribution in [0.2, 0.25) is 0 Å². The second kappa shape index (κ2) is 12.6. The number of hydrogen-bond acceptors (Lipinski definition) is 6. The van der Waals surface area contributed by atoms with Gasteiger partial charge in [-0.2, -0.15) is 26.3 Å². The lowest BCUT2D eigenvalue weighted by atomic mass is 9.91. The number of hydrogen-bond donors (Lipinski definition) is 5. The smallest absolute Gasteiger partial charge is 0.394 e. The third kappa shape index (κ3) is 7.44. The fraction of sp³-hybridized carbons (Fsp3) is 0.440. The number of benzene rings is 2. The number of halogens is 7. The summed E-state index contributed by atoms with van der Waals surface area (Å²) >= 11 is 0. The molecule has 3 amide bonds. The van der Waals surface area contributed by atoms with Crippen LogP contribution in [0.25, 0.3) is 0 Å². The molecule has 1 unspecified atom stereocenters. The molecule has 0 aliphatic carbocycles. The highest BCUT2D eigenvalue weighted by Crippen LogP contribution is 2.50. The molecule has 1 saturated heterocycles. The lowest BCUT2D eigenvalue weighted by molar-refractivity contribution is -0.376. The monoisotopic (exact) mass is 596 g/mol. The van der Waals surface area contributed by atoms with Gasteiger partial charge in [0.15, 0.2) is 0 Å². The van der Waals surface area contributed by atoms with Crippen molar-refractivity contribution >= 4 is 17.6 Å². The first kappa shape index (κ1) is 32.0. The van der Waals surface area contributed by atoms with Crippen LogP contribution in [0.3, 0.4) is 0 Å². The normalized spacial score (nSPS) is 15.9. The Morgan fingerprint density at radius 1 is 0.927 bits per heavy atom. The number of carbonyl (C=O) groups excluding carboxylic acids is 2. The molecule has 1 fully saturated rings. The van der Waals surface area contributed by atoms with Crippen LogP contribution in [-0.4, -0.2) is 94.8 Å². The Bertz CT molecular complexity index is 1200. The molecule has 0 aromatic heterocycles. The Morgan fingerprint density at radius 3 is 2.02 bits per heavy atom. The average molecular weight is 596 g/mol. The molecule has 16 heteroatoms. The van der Waals surface area contributed by atoms with Crippen molar-refractivity contribution in [1.82, 2.24) is 15.1 Å². The third-order valence-corrected chi connectivity index (χ3v) is 6.43. The Kier molecular flexibility index (Phi) is 9.84. The first-order valence-corrected chi connectivity index (χ1v) is 12.2. The number of rotatable bonds is 8. The summed E-state index contributed by atoms with van der Waals surface area (Å²) in [6.07, 6.45) is -13.1. The van der Waals surface area contributed by atoms with E-state index in [4.69, 9.17) is 5.11 Å². The van der Waals surface area contributed by atoms with Gasteiger partial charge in [-0.25, -0.2) is 9.18 Å². The Labute approximate surface area is 229 Å². The summed E-state index contributed by atoms with van der Waals surface area (Å²) in [7, 11) is 0. The molecule has 1 aliphatic heterocycles. The molecular weight excluding hydrogens is 569 g/mol. The number of aliphatic hydroxyl groups excluding tert-OH is 2. The minimum Gasteiger partial charge on any atom is -0.394 e. The van der Waals surface area contributed by atoms with Gasteiger partial charge in [0.05, 0.1) is 18.4 Å². The number of urea groups is 1.